The number of hydrogen-bond acceptors (Lipinski definition) is 2. The number of hydrogen-bond donors (Lipinski definition) is 0. The van der Waals surface area contributed by atoms with Crippen LogP contribution in [0.15, 0.2) is 18.2 Å². The summed E-state index contributed by atoms with van der Waals surface area (Å²) in [5, 5.41) is 0. The molecule has 2 nitrogen and oxygen atoms in total. The lowest BCUT2D eigenvalue weighted by Gasteiger charge is -2.11. The van der Waals surface area contributed by atoms with E-state index >= 15 is 0 Å². The van der Waals surface area contributed by atoms with Crippen molar-refractivity contribution in [3.8, 4) is 5.75 Å². The second-order valence-electron chi connectivity index (χ2n) is 5.70. The lowest BCUT2D eigenvalue weighted by molar-refractivity contribution is -0.117. The minimum Gasteiger partial charge on any atom is -0.490 e. The number of benzene rings is 1. The third kappa shape index (κ3) is 8.81. The Kier molecular flexibility index (Phi) is 11.4. The summed E-state index contributed by atoms with van der Waals surface area (Å²) in [6.07, 6.45) is 4.07. The van der Waals surface area contributed by atoms with Gasteiger partial charge in [0.2, 0.25) is 0 Å². The Hall–Kier alpha value is -1.38. The molecule has 22 heavy (non-hydrogen) atoms. The number of carbonyl (C=O) groups excluding carboxylic acids is 1. The van der Waals surface area contributed by atoms with Crippen molar-refractivity contribution >= 4 is 5.78 Å². The van der Waals surface area contributed by atoms with Crippen molar-refractivity contribution in [1.29, 1.82) is 0 Å². The van der Waals surface area contributed by atoms with Gasteiger partial charge in [0.15, 0.2) is 11.6 Å². The minimum atomic E-state index is -0.236. The van der Waals surface area contributed by atoms with Crippen molar-refractivity contribution in [3.05, 3.63) is 29.6 Å². The highest BCUT2D eigenvalue weighted by Gasteiger charge is 2.09. The van der Waals surface area contributed by atoms with E-state index in [2.05, 4.69) is 0 Å². The van der Waals surface area contributed by atoms with Crippen molar-refractivity contribution in [2.24, 2.45) is 5.92 Å². The molecule has 0 N–H and O–H groups in total. The standard InChI is InChI=1S/C17H25FO2.C2H6/c1-13(2)12-20-16-11-7-10-15(17(16)18)9-6-4-5-8-14(3)19;1-2/h7,10-11,13H,4-6,8-9,12H2,1-3H3;1-2H3. The van der Waals surface area contributed by atoms with Crippen LogP contribution in [0.1, 0.15) is 65.9 Å². The number of aryl methyl sites for hydroxylation is 1. The van der Waals surface area contributed by atoms with Gasteiger partial charge in [-0.25, -0.2) is 4.39 Å². The van der Waals surface area contributed by atoms with Gasteiger partial charge in [0.05, 0.1) is 6.61 Å². The van der Waals surface area contributed by atoms with Gasteiger partial charge in [-0.3, -0.25) is 0 Å². The third-order valence-electron chi connectivity index (χ3n) is 3.09. The lowest BCUT2D eigenvalue weighted by atomic mass is 10.0. The van der Waals surface area contributed by atoms with E-state index in [9.17, 15) is 9.18 Å². The summed E-state index contributed by atoms with van der Waals surface area (Å²) in [5.41, 5.74) is 0.703. The fraction of sp³-hybridized carbons (Fsp3) is 0.632. The van der Waals surface area contributed by atoms with Crippen LogP contribution in [-0.4, -0.2) is 12.4 Å². The van der Waals surface area contributed by atoms with Crippen molar-refractivity contribution in [1.82, 2.24) is 0 Å². The van der Waals surface area contributed by atoms with Gasteiger partial charge in [-0.15, -0.1) is 0 Å². The summed E-state index contributed by atoms with van der Waals surface area (Å²) in [6.45, 7) is 10.2. The van der Waals surface area contributed by atoms with Gasteiger partial charge in [-0.05, 0) is 43.7 Å². The van der Waals surface area contributed by atoms with Crippen LogP contribution in [0.5, 0.6) is 5.75 Å². The summed E-state index contributed by atoms with van der Waals surface area (Å²) in [5.74, 6) is 0.713. The van der Waals surface area contributed by atoms with Gasteiger partial charge in [0.25, 0.3) is 0 Å². The molecule has 0 heterocycles. The molecule has 0 aliphatic rings. The molecule has 1 aromatic rings. The Balaban J connectivity index is 0.00000211. The molecule has 0 fully saturated rings. The normalized spacial score (nSPS) is 10.1. The number of halogens is 1. The Morgan fingerprint density at radius 3 is 2.45 bits per heavy atom. The Labute approximate surface area is 135 Å². The average Bonchev–Trinajstić information content (AvgIpc) is 2.49. The van der Waals surface area contributed by atoms with Gasteiger partial charge >= 0.3 is 0 Å². The third-order valence-corrected chi connectivity index (χ3v) is 3.09. The van der Waals surface area contributed by atoms with E-state index < -0.39 is 0 Å². The SMILES string of the molecule is CC.CC(=O)CCCCCc1cccc(OCC(C)C)c1F. The second kappa shape index (κ2) is 12.2. The number of Topliss-reactive ketones (excluding diaryl/α,β-unsaturated/α-hetero) is 1. The molecule has 1 rings (SSSR count). The molecule has 0 saturated heterocycles. The number of unbranched alkanes of at least 4 members (excludes halogenated alkanes) is 2. The van der Waals surface area contributed by atoms with Crippen molar-refractivity contribution in [2.45, 2.75) is 66.7 Å². The van der Waals surface area contributed by atoms with Crippen molar-refractivity contribution in [3.63, 3.8) is 0 Å². The molecule has 0 amide bonds. The van der Waals surface area contributed by atoms with Crippen LogP contribution in [0.4, 0.5) is 4.39 Å². The Morgan fingerprint density at radius 2 is 1.86 bits per heavy atom. The smallest absolute Gasteiger partial charge is 0.168 e. The first-order chi connectivity index (χ1) is 10.5. The molecule has 0 spiro atoms. The zero-order valence-corrected chi connectivity index (χ0v) is 14.7. The molecule has 0 radical (unpaired) electrons. The van der Waals surface area contributed by atoms with E-state index in [0.29, 0.717) is 36.7 Å². The zero-order valence-electron chi connectivity index (χ0n) is 14.7. The number of carbonyl (C=O) groups is 1. The van der Waals surface area contributed by atoms with E-state index in [4.69, 9.17) is 4.74 Å². The predicted molar refractivity (Wildman–Crippen MR) is 90.9 cm³/mol. The van der Waals surface area contributed by atoms with Crippen LogP contribution in [0.2, 0.25) is 0 Å². The van der Waals surface area contributed by atoms with Gasteiger partial charge in [-0.2, -0.15) is 0 Å². The quantitative estimate of drug-likeness (QED) is 0.557. The van der Waals surface area contributed by atoms with Crippen LogP contribution in [-0.2, 0) is 11.2 Å². The molecule has 0 aliphatic carbocycles. The molecule has 0 bridgehead atoms. The van der Waals surface area contributed by atoms with Crippen LogP contribution in [0, 0.1) is 11.7 Å². The summed E-state index contributed by atoms with van der Waals surface area (Å²) in [6, 6.07) is 5.32. The topological polar surface area (TPSA) is 26.3 Å². The largest absolute Gasteiger partial charge is 0.490 e. The number of rotatable bonds is 9. The minimum absolute atomic E-state index is 0.222. The van der Waals surface area contributed by atoms with E-state index in [1.165, 1.54) is 0 Å². The molecular weight excluding hydrogens is 279 g/mol. The van der Waals surface area contributed by atoms with E-state index in [-0.39, 0.29) is 11.6 Å². The maximum atomic E-state index is 14.2. The highest BCUT2D eigenvalue weighted by molar-refractivity contribution is 5.75. The molecule has 3 heteroatoms. The van der Waals surface area contributed by atoms with Crippen LogP contribution < -0.4 is 4.74 Å². The van der Waals surface area contributed by atoms with Gasteiger partial charge < -0.3 is 9.53 Å². The van der Waals surface area contributed by atoms with Gasteiger partial charge in [-0.1, -0.05) is 46.2 Å². The molecule has 0 unspecified atom stereocenters. The molecule has 0 aromatic heterocycles. The number of ketones is 1. The molecule has 1 aromatic carbocycles. The molecule has 0 aliphatic heterocycles. The summed E-state index contributed by atoms with van der Waals surface area (Å²) in [4.78, 5) is 10.8. The monoisotopic (exact) mass is 310 g/mol. The first-order valence-electron chi connectivity index (χ1n) is 8.40. The highest BCUT2D eigenvalue weighted by atomic mass is 19.1. The maximum Gasteiger partial charge on any atom is 0.168 e. The lowest BCUT2D eigenvalue weighted by Crippen LogP contribution is -2.06. The van der Waals surface area contributed by atoms with Crippen molar-refractivity contribution < 1.29 is 13.9 Å². The molecule has 0 saturated carbocycles. The van der Waals surface area contributed by atoms with E-state index in [0.717, 1.165) is 19.3 Å². The summed E-state index contributed by atoms with van der Waals surface area (Å²) < 4.78 is 19.7. The second-order valence-corrected chi connectivity index (χ2v) is 5.70. The highest BCUT2D eigenvalue weighted by Crippen LogP contribution is 2.22. The fourth-order valence-electron chi connectivity index (χ4n) is 1.98. The summed E-state index contributed by atoms with van der Waals surface area (Å²) in [7, 11) is 0. The van der Waals surface area contributed by atoms with Gasteiger partial charge in [0, 0.05) is 6.42 Å². The van der Waals surface area contributed by atoms with E-state index in [1.54, 1.807) is 13.0 Å². The first kappa shape index (κ1) is 20.6. The fourth-order valence-corrected chi connectivity index (χ4v) is 1.98. The van der Waals surface area contributed by atoms with Gasteiger partial charge in [0.1, 0.15) is 5.78 Å². The zero-order chi connectivity index (χ0) is 17.0. The van der Waals surface area contributed by atoms with Crippen LogP contribution in [0.25, 0.3) is 0 Å². The van der Waals surface area contributed by atoms with E-state index in [1.807, 2.05) is 39.8 Å². The van der Waals surface area contributed by atoms with Crippen molar-refractivity contribution in [2.75, 3.05) is 6.61 Å². The Bertz CT molecular complexity index is 427. The molecular formula is C19H31FO2. The molecule has 126 valence electrons. The molecule has 0 atom stereocenters. The summed E-state index contributed by atoms with van der Waals surface area (Å²) >= 11 is 0. The number of ether oxygens (including phenoxy) is 1. The predicted octanol–water partition coefficient (Wildman–Crippen LogP) is 5.58. The van der Waals surface area contributed by atoms with Crippen LogP contribution >= 0.6 is 0 Å². The first-order valence-corrected chi connectivity index (χ1v) is 8.40. The average molecular weight is 310 g/mol. The maximum absolute atomic E-state index is 14.2. The van der Waals surface area contributed by atoms with Crippen LogP contribution in [0.3, 0.4) is 0 Å². The Morgan fingerprint density at radius 1 is 1.18 bits per heavy atom.